The second-order valence-electron chi connectivity index (χ2n) is 42.4. The highest BCUT2D eigenvalue weighted by atomic mass is 36.0. The molecule has 14 aliphatic rings. The van der Waals surface area contributed by atoms with E-state index in [-0.39, 0.29) is 64.9 Å². The van der Waals surface area contributed by atoms with Crippen LogP contribution in [0, 0.1) is 157 Å². The lowest BCUT2D eigenvalue weighted by Gasteiger charge is -2.63. The SMILES string of the molecule is CC(C)CCC[C@@H](C)[C@H]1CC[C@H]2[C@@H]3[C@@H](O)[C@H](O)[C@H]4Cc5nnsc5C[C@]4(C)[C@H]3CC[C@]12C.CC(C)CCC[C@@H](C)[C@H]1CC[C@H]2[C@@H]3[C@H]4OC(C)(C)O[C@@H]4[C@H]4CC(=NCC(N)=O)CC[C@]4(C)[C@H]3CC[C@]12C.CC(C)CCC[C@@H](C)[C@H]1CC[C@H]2[C@@H]3[C@H]4OC(C)(C)O[C@@H]4[C@H]4CC(=O)CC[C@]4(C)[C@H]3CC[C@]12C.O=S(Cl)Cl. The van der Waals surface area contributed by atoms with Crippen LogP contribution in [0.4, 0.5) is 0 Å². The molecule has 0 unspecified atom stereocenters. The second kappa shape index (κ2) is 32.5. The van der Waals surface area contributed by atoms with Gasteiger partial charge >= 0.3 is 0 Å². The predicted octanol–water partition coefficient (Wildman–Crippen LogP) is 20.7. The fourth-order valence-electron chi connectivity index (χ4n) is 29.6. The molecule has 13 fully saturated rings. The van der Waals surface area contributed by atoms with Crippen LogP contribution in [-0.2, 0) is 50.6 Å². The minimum atomic E-state index is -1.67. The molecule has 2 saturated heterocycles. The van der Waals surface area contributed by atoms with Crippen LogP contribution in [0.2, 0.25) is 0 Å². The van der Waals surface area contributed by atoms with Gasteiger partial charge in [0.25, 0.3) is 0 Å². The molecule has 0 radical (unpaired) electrons. The number of rotatable bonds is 17. The largest absolute Gasteiger partial charge is 0.390 e. The Balaban J connectivity index is 0.000000146. The van der Waals surface area contributed by atoms with Crippen molar-refractivity contribution in [1.82, 2.24) is 9.59 Å². The Hall–Kier alpha value is -1.14. The highest BCUT2D eigenvalue weighted by Crippen LogP contribution is 2.74. The van der Waals surface area contributed by atoms with Crippen molar-refractivity contribution in [1.29, 1.82) is 0 Å². The van der Waals surface area contributed by atoms with Crippen LogP contribution in [0.25, 0.3) is 0 Å². The van der Waals surface area contributed by atoms with Crippen LogP contribution in [-0.4, -0.2) is 96.2 Å². The molecule has 106 heavy (non-hydrogen) atoms. The maximum absolute atomic E-state index is 12.6. The van der Waals surface area contributed by atoms with Crippen molar-refractivity contribution >= 4 is 59.5 Å². The highest BCUT2D eigenvalue weighted by Gasteiger charge is 2.72. The zero-order valence-corrected chi connectivity index (χ0v) is 72.7. The number of carbonyl (C=O) groups excluding carboxylic acids is 2. The van der Waals surface area contributed by atoms with Crippen molar-refractivity contribution < 1.29 is 43.0 Å². The lowest BCUT2D eigenvalue weighted by atomic mass is 9.43. The standard InChI is InChI=1S/C32H54N2O3.C30H50O3.C27H44N2O2S.Cl2OS/c1-19(2)9-8-10-20(3)22-11-12-23-27-24(14-16-31(22,23)6)32(7)15-13-21(34-18-26(33)35)17-25(32)28-29(27)37-30(4,5)36-28;1-18(2)9-8-10-19(3)21-11-12-22-25-23(14-16-29(21,22)6)30(7)15-13-20(31)17-24(30)26-27(25)33-28(4,5)32-26;1-15(2)7-6-8-16(3)17-9-10-18-23-19(11-12-26(17,18)4)27(5)14-22-21(28-29-32-22)13-20(27)24(30)25(23)31;1-4(2)3/h19-20,22-25,27-29H,8-18H2,1-7H3,(H2,33,35);18-19,21-27H,8-17H2,1-7H3;15-20,23-25,30-31H,6-14H2,1-5H3;/t20-,22-,23+,24+,25-,27+,28-,29-,31-,32-;19-,21-,22+,23+,24-,25+,26-,27-,29-,30-;16-,17-,18+,19+,20-,23+,24-,25-,26-,27-;/m111./s1. The minimum Gasteiger partial charge on any atom is -0.390 e. The highest BCUT2D eigenvalue weighted by molar-refractivity contribution is 8.26. The van der Waals surface area contributed by atoms with Gasteiger partial charge in [0.15, 0.2) is 11.6 Å². The molecular weight excluding hydrogens is 1400 g/mol. The second-order valence-corrected chi connectivity index (χ2v) is 45.8. The summed E-state index contributed by atoms with van der Waals surface area (Å²) in [5.41, 5.74) is 9.33. The number of ketones is 1. The smallest absolute Gasteiger partial charge is 0.239 e. The first-order valence-electron chi connectivity index (χ1n) is 43.7. The first kappa shape index (κ1) is 84.3. The summed E-state index contributed by atoms with van der Waals surface area (Å²) >= 11 is 1.55. The van der Waals surface area contributed by atoms with E-state index >= 15 is 0 Å². The summed E-state index contributed by atoms with van der Waals surface area (Å²) in [6.07, 6.45) is 34.8. The van der Waals surface area contributed by atoms with Crippen molar-refractivity contribution in [3.8, 4) is 0 Å². The van der Waals surface area contributed by atoms with E-state index in [0.717, 1.165) is 121 Å². The molecule has 1 aromatic heterocycles. The van der Waals surface area contributed by atoms with Gasteiger partial charge in [-0.05, 0) is 306 Å². The Kier molecular flexibility index (Phi) is 25.8. The zero-order chi connectivity index (χ0) is 76.9. The van der Waals surface area contributed by atoms with Gasteiger partial charge in [-0.15, -0.1) is 5.10 Å². The number of ether oxygens (including phenoxy) is 4. The van der Waals surface area contributed by atoms with Gasteiger partial charge in [-0.25, -0.2) is 4.21 Å². The first-order chi connectivity index (χ1) is 49.7. The molecule has 17 heteroatoms. The molecule has 30 atom stereocenters. The normalized spacial score (nSPS) is 45.8. The Morgan fingerprint density at radius 1 is 0.500 bits per heavy atom. The number of nitrogens with two attached hydrogens (primary N) is 1. The van der Waals surface area contributed by atoms with Gasteiger partial charge in [0.05, 0.1) is 42.3 Å². The van der Waals surface area contributed by atoms with E-state index in [1.54, 1.807) is 11.5 Å². The number of carbonyl (C=O) groups is 2. The third kappa shape index (κ3) is 16.1. The first-order valence-corrected chi connectivity index (χ1v) is 47.2. The van der Waals surface area contributed by atoms with E-state index in [1.165, 1.54) is 140 Å². The van der Waals surface area contributed by atoms with Gasteiger partial charge in [0.1, 0.15) is 12.3 Å². The van der Waals surface area contributed by atoms with Crippen molar-refractivity contribution in [2.45, 2.75) is 366 Å². The number of nitrogens with zero attached hydrogens (tertiary/aromatic N) is 3. The van der Waals surface area contributed by atoms with E-state index in [9.17, 15) is 19.8 Å². The number of aliphatic hydroxyl groups is 2. The molecule has 1 amide bonds. The number of amides is 1. The van der Waals surface area contributed by atoms with Crippen LogP contribution in [0.3, 0.4) is 0 Å². The number of hydrogen-bond acceptors (Lipinski definition) is 13. The summed E-state index contributed by atoms with van der Waals surface area (Å²) in [5, 5.41) is 27.3. The fraction of sp³-hybridized carbons (Fsp3) is 0.944. The quantitative estimate of drug-likeness (QED) is 0.126. The molecule has 0 aromatic carbocycles. The van der Waals surface area contributed by atoms with Crippen molar-refractivity contribution in [2.24, 2.45) is 167 Å². The number of Topliss-reactive ketones (excluding diaryl/α,β-unsaturated/α-hetero) is 1. The molecule has 1 aromatic rings. The van der Waals surface area contributed by atoms with Crippen molar-refractivity contribution in [3.05, 3.63) is 10.6 Å². The van der Waals surface area contributed by atoms with Gasteiger partial charge in [0.2, 0.25) is 15.1 Å². The van der Waals surface area contributed by atoms with Gasteiger partial charge in [-0.2, -0.15) is 0 Å². The van der Waals surface area contributed by atoms with Crippen LogP contribution >= 0.6 is 32.9 Å². The van der Waals surface area contributed by atoms with E-state index < -0.39 is 33.0 Å². The summed E-state index contributed by atoms with van der Waals surface area (Å²) in [4.78, 5) is 29.9. The Bertz CT molecular complexity index is 3250. The van der Waals surface area contributed by atoms with Crippen LogP contribution in [0.1, 0.15) is 315 Å². The number of halogens is 2. The van der Waals surface area contributed by atoms with Crippen LogP contribution in [0.5, 0.6) is 0 Å². The summed E-state index contributed by atoms with van der Waals surface area (Å²) in [6, 6.07) is 0. The molecule has 2 aliphatic heterocycles. The molecular formula is C89H148Cl2N4O9S2. The molecule has 0 spiro atoms. The number of aromatic nitrogens is 2. The average molecular weight is 1550 g/mol. The monoisotopic (exact) mass is 1550 g/mol. The Morgan fingerprint density at radius 2 is 0.887 bits per heavy atom. The molecule has 604 valence electrons. The van der Waals surface area contributed by atoms with Crippen molar-refractivity contribution in [2.75, 3.05) is 6.54 Å². The average Bonchev–Trinajstić information content (AvgIpc) is 1.41. The third-order valence-corrected chi connectivity index (χ3v) is 35.3. The summed E-state index contributed by atoms with van der Waals surface area (Å²) in [5.74, 6) is 12.4. The summed E-state index contributed by atoms with van der Waals surface area (Å²) in [7, 11) is 7.36. The lowest BCUT2D eigenvalue weighted by molar-refractivity contribution is -0.207. The molecule has 0 bridgehead atoms. The predicted molar refractivity (Wildman–Crippen MR) is 431 cm³/mol. The zero-order valence-electron chi connectivity index (χ0n) is 69.5. The fourth-order valence-corrected chi connectivity index (χ4v) is 30.5. The number of primary amides is 1. The molecule has 3 heterocycles. The third-order valence-electron chi connectivity index (χ3n) is 34.6. The molecule has 12 aliphatic carbocycles. The number of hydrogen-bond donors (Lipinski definition) is 3. The summed E-state index contributed by atoms with van der Waals surface area (Å²) < 4.78 is 40.3. The number of aliphatic imine (C=N–C) groups is 1. The number of fused-ring (bicyclic) bond motifs is 22. The Morgan fingerprint density at radius 3 is 1.31 bits per heavy atom. The van der Waals surface area contributed by atoms with Crippen LogP contribution < -0.4 is 5.73 Å². The van der Waals surface area contributed by atoms with E-state index in [0.29, 0.717) is 75.8 Å². The van der Waals surface area contributed by atoms with Crippen molar-refractivity contribution in [3.63, 3.8) is 0 Å². The minimum absolute atomic E-state index is 0.0484. The van der Waals surface area contributed by atoms with E-state index in [4.69, 9.17) is 28.9 Å². The maximum atomic E-state index is 12.6. The van der Waals surface area contributed by atoms with E-state index in [1.807, 2.05) is 0 Å². The van der Waals surface area contributed by atoms with Gasteiger partial charge in [-0.3, -0.25) is 14.6 Å². The molecule has 4 N–H and O–H groups in total. The maximum Gasteiger partial charge on any atom is 0.239 e. The molecule has 15 rings (SSSR count). The summed E-state index contributed by atoms with van der Waals surface area (Å²) in [6.45, 7) is 45.6. The molecule has 13 nitrogen and oxygen atoms in total. The van der Waals surface area contributed by atoms with Crippen LogP contribution in [0.15, 0.2) is 4.99 Å². The lowest BCUT2D eigenvalue weighted by Crippen LogP contribution is -2.64. The Labute approximate surface area is 658 Å². The molecule has 11 saturated carbocycles. The topological polar surface area (TPSA) is 193 Å². The van der Waals surface area contributed by atoms with Gasteiger partial charge in [-0.1, -0.05) is 166 Å². The van der Waals surface area contributed by atoms with E-state index in [2.05, 4.69) is 167 Å². The van der Waals surface area contributed by atoms with Gasteiger partial charge in [0, 0.05) is 50.7 Å². The van der Waals surface area contributed by atoms with Gasteiger partial charge < -0.3 is 34.9 Å². The number of aliphatic hydroxyl groups excluding tert-OH is 2.